The molecule has 278 valence electrons. The van der Waals surface area contributed by atoms with Gasteiger partial charge in [0.15, 0.2) is 0 Å². The summed E-state index contributed by atoms with van der Waals surface area (Å²) < 4.78 is 6.66. The summed E-state index contributed by atoms with van der Waals surface area (Å²) in [5.41, 5.74) is 13.1. The van der Waals surface area contributed by atoms with Crippen LogP contribution in [0.15, 0.2) is 193 Å². The van der Waals surface area contributed by atoms with Crippen LogP contribution in [0.25, 0.3) is 115 Å². The van der Waals surface area contributed by atoms with E-state index in [-0.39, 0.29) is 5.56 Å². The predicted molar refractivity (Wildman–Crippen MR) is 250 cm³/mol. The summed E-state index contributed by atoms with van der Waals surface area (Å²) in [6.07, 6.45) is 6.45. The molecule has 4 nitrogen and oxygen atoms in total. The Labute approximate surface area is 339 Å². The van der Waals surface area contributed by atoms with Crippen LogP contribution in [0.4, 0.5) is 0 Å². The molecule has 0 aliphatic carbocycles. The Hall–Kier alpha value is -7.69. The van der Waals surface area contributed by atoms with E-state index in [1.807, 2.05) is 16.5 Å². The van der Waals surface area contributed by atoms with Gasteiger partial charge in [0.2, 0.25) is 0 Å². The first-order valence-electron chi connectivity index (χ1n) is 20.3. The van der Waals surface area contributed by atoms with Crippen LogP contribution in [0, 0.1) is 0 Å². The highest BCUT2D eigenvalue weighted by molar-refractivity contribution is 6.22. The number of para-hydroxylation sites is 4. The molecule has 0 radical (unpaired) electrons. The van der Waals surface area contributed by atoms with Crippen molar-refractivity contribution in [1.29, 1.82) is 0 Å². The van der Waals surface area contributed by atoms with Crippen LogP contribution in [0.1, 0.15) is 13.8 Å². The Balaban J connectivity index is 1.03. The van der Waals surface area contributed by atoms with Crippen LogP contribution < -0.4 is 5.56 Å². The molecule has 4 heteroatoms. The van der Waals surface area contributed by atoms with Crippen LogP contribution in [0.5, 0.6) is 0 Å². The fourth-order valence-electron chi connectivity index (χ4n) is 9.95. The van der Waals surface area contributed by atoms with Gasteiger partial charge in [-0.1, -0.05) is 127 Å². The zero-order valence-electron chi connectivity index (χ0n) is 32.6. The summed E-state index contributed by atoms with van der Waals surface area (Å²) in [6.45, 7) is 4.17. The highest BCUT2D eigenvalue weighted by atomic mass is 16.1. The van der Waals surface area contributed by atoms with E-state index in [1.165, 1.54) is 43.7 Å². The van der Waals surface area contributed by atoms with Gasteiger partial charge in [-0.15, -0.1) is 0 Å². The Morgan fingerprint density at radius 2 is 1.00 bits per heavy atom. The number of benzene rings is 8. The average molecular weight is 756 g/mol. The molecular formula is C55H37N3O. The first-order chi connectivity index (χ1) is 29.1. The van der Waals surface area contributed by atoms with Crippen molar-refractivity contribution in [2.75, 3.05) is 0 Å². The lowest BCUT2D eigenvalue weighted by Gasteiger charge is -2.13. The highest BCUT2D eigenvalue weighted by Gasteiger charge is 2.20. The Kier molecular flexibility index (Phi) is 7.18. The fourth-order valence-corrected chi connectivity index (χ4v) is 9.95. The summed E-state index contributed by atoms with van der Waals surface area (Å²) in [6, 6.07) is 60.7. The summed E-state index contributed by atoms with van der Waals surface area (Å²) in [5, 5.41) is 9.88. The number of fused-ring (bicyclic) bond motifs is 11. The third-order valence-electron chi connectivity index (χ3n) is 12.5. The van der Waals surface area contributed by atoms with Crippen molar-refractivity contribution in [3.63, 3.8) is 0 Å². The smallest absolute Gasteiger partial charge is 0.264 e. The molecule has 4 heterocycles. The zero-order chi connectivity index (χ0) is 39.4. The standard InChI is InChI=1S/C55H37N3O/c1-3-14-37(4-2)56-48-24-8-6-18-41(48)46-32-34(27-29-51(46)56)35-28-30-52-47(33-35)42-19-7-9-25-49(42)57(52)38-16-11-15-36(31-38)39-20-12-21-43-45-23-13-22-44-40-17-5-10-26-50(40)58(54(44)45)55(59)53(39)43/h3-33H,1-2H3/b14-3-,37-4+. The van der Waals surface area contributed by atoms with E-state index in [2.05, 4.69) is 199 Å². The molecule has 0 saturated heterocycles. The number of pyridine rings is 1. The van der Waals surface area contributed by atoms with E-state index in [1.54, 1.807) is 0 Å². The Morgan fingerprint density at radius 1 is 0.458 bits per heavy atom. The summed E-state index contributed by atoms with van der Waals surface area (Å²) in [5.74, 6) is 0. The second kappa shape index (κ2) is 12.7. The molecule has 0 aliphatic rings. The van der Waals surface area contributed by atoms with Gasteiger partial charge in [0.25, 0.3) is 5.56 Å². The minimum Gasteiger partial charge on any atom is -0.310 e. The molecule has 0 unspecified atom stereocenters. The van der Waals surface area contributed by atoms with Gasteiger partial charge in [0.05, 0.1) is 38.5 Å². The normalized spacial score (nSPS) is 12.7. The molecule has 0 spiro atoms. The molecule has 12 aromatic rings. The van der Waals surface area contributed by atoms with Gasteiger partial charge in [-0.2, -0.15) is 0 Å². The second-order valence-electron chi connectivity index (χ2n) is 15.5. The Morgan fingerprint density at radius 3 is 1.75 bits per heavy atom. The largest absolute Gasteiger partial charge is 0.310 e. The minimum atomic E-state index is 0.0121. The third kappa shape index (κ3) is 4.69. The van der Waals surface area contributed by atoms with Crippen LogP contribution in [0.3, 0.4) is 0 Å². The van der Waals surface area contributed by atoms with Crippen molar-refractivity contribution < 1.29 is 0 Å². The average Bonchev–Trinajstić information content (AvgIpc) is 3.93. The van der Waals surface area contributed by atoms with Gasteiger partial charge in [0.1, 0.15) is 0 Å². The van der Waals surface area contributed by atoms with Crippen molar-refractivity contribution in [2.45, 2.75) is 13.8 Å². The first kappa shape index (κ1) is 33.4. The minimum absolute atomic E-state index is 0.0121. The molecular weight excluding hydrogens is 719 g/mol. The molecule has 0 N–H and O–H groups in total. The van der Waals surface area contributed by atoms with Crippen LogP contribution >= 0.6 is 0 Å². The van der Waals surface area contributed by atoms with Gasteiger partial charge in [0, 0.05) is 49.1 Å². The van der Waals surface area contributed by atoms with Crippen molar-refractivity contribution in [1.82, 2.24) is 13.5 Å². The first-order valence-corrected chi connectivity index (χ1v) is 20.3. The van der Waals surface area contributed by atoms with Gasteiger partial charge >= 0.3 is 0 Å². The predicted octanol–water partition coefficient (Wildman–Crippen LogP) is 14.2. The molecule has 0 fully saturated rings. The summed E-state index contributed by atoms with van der Waals surface area (Å²) >= 11 is 0. The molecule has 4 aromatic heterocycles. The number of rotatable bonds is 5. The lowest BCUT2D eigenvalue weighted by atomic mass is 9.96. The lowest BCUT2D eigenvalue weighted by Crippen LogP contribution is -2.13. The molecule has 0 amide bonds. The maximum absolute atomic E-state index is 14.7. The quantitative estimate of drug-likeness (QED) is 0.127. The number of nitrogens with zero attached hydrogens (tertiary/aromatic N) is 3. The van der Waals surface area contributed by atoms with Crippen LogP contribution in [-0.4, -0.2) is 13.5 Å². The molecule has 0 saturated carbocycles. The molecule has 0 bridgehead atoms. The number of aromatic nitrogens is 3. The SMILES string of the molecule is C/C=C\C(=C/C)n1c2ccccc2c2cc(-c3ccc4c(c3)c3ccccc3n4-c3cccc(-c4cccc5c4c(=O)n4c6ccccc6c6cccc5c64)c3)ccc21. The van der Waals surface area contributed by atoms with Crippen molar-refractivity contribution >= 4 is 87.3 Å². The molecule has 12 rings (SSSR count). The van der Waals surface area contributed by atoms with E-state index in [0.29, 0.717) is 0 Å². The van der Waals surface area contributed by atoms with Crippen molar-refractivity contribution in [3.8, 4) is 27.9 Å². The van der Waals surface area contributed by atoms with E-state index in [9.17, 15) is 4.79 Å². The van der Waals surface area contributed by atoms with Crippen molar-refractivity contribution in [3.05, 3.63) is 198 Å². The van der Waals surface area contributed by atoms with E-state index in [4.69, 9.17) is 0 Å². The Bertz CT molecular complexity index is 3830. The van der Waals surface area contributed by atoms with Gasteiger partial charge in [-0.05, 0) is 102 Å². The van der Waals surface area contributed by atoms with Crippen LogP contribution in [-0.2, 0) is 0 Å². The molecule has 59 heavy (non-hydrogen) atoms. The topological polar surface area (TPSA) is 31.3 Å². The van der Waals surface area contributed by atoms with Gasteiger partial charge in [-0.25, -0.2) is 0 Å². The van der Waals surface area contributed by atoms with Crippen molar-refractivity contribution in [2.24, 2.45) is 0 Å². The summed E-state index contributed by atoms with van der Waals surface area (Å²) in [7, 11) is 0. The molecule has 8 aromatic carbocycles. The van der Waals surface area contributed by atoms with Gasteiger partial charge in [-0.3, -0.25) is 9.20 Å². The highest BCUT2D eigenvalue weighted by Crippen LogP contribution is 2.40. The fraction of sp³-hybridized carbons (Fsp3) is 0.0364. The monoisotopic (exact) mass is 755 g/mol. The molecule has 0 atom stereocenters. The maximum atomic E-state index is 14.7. The van der Waals surface area contributed by atoms with Gasteiger partial charge < -0.3 is 9.13 Å². The van der Waals surface area contributed by atoms with Crippen LogP contribution in [0.2, 0.25) is 0 Å². The molecule has 0 aliphatic heterocycles. The number of hydrogen-bond donors (Lipinski definition) is 0. The third-order valence-corrected chi connectivity index (χ3v) is 12.5. The zero-order valence-corrected chi connectivity index (χ0v) is 32.6. The van der Waals surface area contributed by atoms with E-state index < -0.39 is 0 Å². The second-order valence-corrected chi connectivity index (χ2v) is 15.5. The number of allylic oxidation sites excluding steroid dienone is 4. The lowest BCUT2D eigenvalue weighted by molar-refractivity contribution is 1.18. The number of hydrogen-bond acceptors (Lipinski definition) is 1. The summed E-state index contributed by atoms with van der Waals surface area (Å²) in [4.78, 5) is 14.7. The van der Waals surface area contributed by atoms with E-state index >= 15 is 0 Å². The van der Waals surface area contributed by atoms with E-state index in [0.717, 1.165) is 71.5 Å². The maximum Gasteiger partial charge on any atom is 0.264 e.